The van der Waals surface area contributed by atoms with Gasteiger partial charge in [-0.2, -0.15) is 0 Å². The van der Waals surface area contributed by atoms with Crippen molar-refractivity contribution in [3.8, 4) is 0 Å². The average Bonchev–Trinajstić information content (AvgIpc) is 2.70. The zero-order chi connectivity index (χ0) is 23.6. The second kappa shape index (κ2) is 17.0. The van der Waals surface area contributed by atoms with Gasteiger partial charge in [-0.3, -0.25) is 0 Å². The van der Waals surface area contributed by atoms with E-state index in [1.165, 1.54) is 11.1 Å². The highest BCUT2D eigenvalue weighted by Gasteiger charge is 2.31. The van der Waals surface area contributed by atoms with E-state index in [9.17, 15) is 0 Å². The maximum Gasteiger partial charge on any atom is 0.0844 e. The molecule has 0 radical (unpaired) electrons. The van der Waals surface area contributed by atoms with Crippen molar-refractivity contribution in [2.75, 3.05) is 0 Å². The Morgan fingerprint density at radius 1 is 0.516 bits per heavy atom. The Hall–Kier alpha value is -1.60. The number of hydrogen-bond acceptors (Lipinski definition) is 1. The summed E-state index contributed by atoms with van der Waals surface area (Å²) in [6.45, 7) is 17.3. The molecule has 0 heterocycles. The molecule has 0 amide bonds. The lowest BCUT2D eigenvalue weighted by Crippen LogP contribution is -2.38. The molecule has 0 aromatic carbocycles. The first-order valence-corrected chi connectivity index (χ1v) is 12.2. The molecule has 1 nitrogen and oxygen atoms in total. The molecule has 0 bridgehead atoms. The van der Waals surface area contributed by atoms with Crippen LogP contribution in [0.5, 0.6) is 0 Å². The predicted octanol–water partition coefficient (Wildman–Crippen LogP) is 9.84. The normalized spacial score (nSPS) is 14.8. The molecule has 0 unspecified atom stereocenters. The molecule has 0 rings (SSSR count). The molecule has 0 atom stereocenters. The summed E-state index contributed by atoms with van der Waals surface area (Å²) < 4.78 is 6.61. The Morgan fingerprint density at radius 2 is 0.806 bits per heavy atom. The molecule has 0 saturated carbocycles. The lowest BCUT2D eigenvalue weighted by Gasteiger charge is -2.38. The second-order valence-electron chi connectivity index (χ2n) is 9.29. The van der Waals surface area contributed by atoms with Gasteiger partial charge in [-0.05, 0) is 118 Å². The van der Waals surface area contributed by atoms with Crippen LogP contribution in [0.25, 0.3) is 0 Å². The fraction of sp³-hybridized carbons (Fsp3) is 0.600. The number of unbranched alkanes of at least 4 members (excludes halogenated alkanes) is 4. The van der Waals surface area contributed by atoms with Gasteiger partial charge in [-0.15, -0.1) is 0 Å². The van der Waals surface area contributed by atoms with E-state index in [2.05, 4.69) is 116 Å². The minimum atomic E-state index is -0.277. The minimum absolute atomic E-state index is 0.277. The van der Waals surface area contributed by atoms with E-state index >= 15 is 0 Å². The topological polar surface area (TPSA) is 9.23 Å². The van der Waals surface area contributed by atoms with Gasteiger partial charge in [0.05, 0.1) is 11.2 Å². The summed E-state index contributed by atoms with van der Waals surface area (Å²) in [7, 11) is 0. The summed E-state index contributed by atoms with van der Waals surface area (Å²) in [5.74, 6) is 0. The number of ether oxygens (including phenoxy) is 1. The molecular formula is C30H50O. The zero-order valence-corrected chi connectivity index (χ0v) is 21.8. The van der Waals surface area contributed by atoms with E-state index in [0.717, 1.165) is 51.4 Å². The highest BCUT2D eigenvalue weighted by Crippen LogP contribution is 2.31. The maximum absolute atomic E-state index is 6.61. The summed E-state index contributed by atoms with van der Waals surface area (Å²) in [6.07, 6.45) is 31.4. The van der Waals surface area contributed by atoms with Crippen LogP contribution in [0.1, 0.15) is 107 Å². The number of rotatable bonds is 16. The molecular weight excluding hydrogens is 376 g/mol. The Bertz CT molecular complexity index is 579. The van der Waals surface area contributed by atoms with Crippen LogP contribution in [0.4, 0.5) is 0 Å². The van der Waals surface area contributed by atoms with Crippen LogP contribution >= 0.6 is 0 Å². The number of hydrogen-bond donors (Lipinski definition) is 0. The second-order valence-corrected chi connectivity index (χ2v) is 9.29. The Balaban J connectivity index is 4.57. The van der Waals surface area contributed by atoms with Crippen molar-refractivity contribution in [3.63, 3.8) is 0 Å². The fourth-order valence-corrected chi connectivity index (χ4v) is 3.27. The molecule has 0 aliphatic rings. The first-order chi connectivity index (χ1) is 14.7. The summed E-state index contributed by atoms with van der Waals surface area (Å²) in [5.41, 5.74) is 2.06. The van der Waals surface area contributed by atoms with Crippen molar-refractivity contribution in [1.82, 2.24) is 0 Å². The molecule has 0 aromatic heterocycles. The average molecular weight is 427 g/mol. The molecule has 0 N–H and O–H groups in total. The van der Waals surface area contributed by atoms with Crippen molar-refractivity contribution >= 4 is 0 Å². The SMILES string of the molecule is C/C=C/CC/C=C/CC/C=C(\C)C(C)(C)OC(C)(C)/C(C)=C/CC/C=C/CC/C=C/C. The van der Waals surface area contributed by atoms with Crippen molar-refractivity contribution in [1.29, 1.82) is 0 Å². The van der Waals surface area contributed by atoms with E-state index in [0.29, 0.717) is 0 Å². The smallest absolute Gasteiger partial charge is 0.0844 e. The van der Waals surface area contributed by atoms with E-state index in [1.807, 2.05) is 0 Å². The van der Waals surface area contributed by atoms with Crippen molar-refractivity contribution in [3.05, 3.63) is 71.9 Å². The van der Waals surface area contributed by atoms with Gasteiger partial charge in [0, 0.05) is 0 Å². The lowest BCUT2D eigenvalue weighted by molar-refractivity contribution is -0.0815. The molecule has 31 heavy (non-hydrogen) atoms. The van der Waals surface area contributed by atoms with E-state index in [1.54, 1.807) is 0 Å². The van der Waals surface area contributed by atoms with Gasteiger partial charge >= 0.3 is 0 Å². The van der Waals surface area contributed by atoms with Crippen molar-refractivity contribution < 1.29 is 4.74 Å². The minimum Gasteiger partial charge on any atom is -0.361 e. The van der Waals surface area contributed by atoms with Crippen LogP contribution in [0.3, 0.4) is 0 Å². The third kappa shape index (κ3) is 14.9. The summed E-state index contributed by atoms with van der Waals surface area (Å²) >= 11 is 0. The van der Waals surface area contributed by atoms with Gasteiger partial charge in [0.2, 0.25) is 0 Å². The van der Waals surface area contributed by atoms with E-state index in [4.69, 9.17) is 4.74 Å². The largest absolute Gasteiger partial charge is 0.361 e. The first-order valence-electron chi connectivity index (χ1n) is 12.2. The van der Waals surface area contributed by atoms with E-state index in [-0.39, 0.29) is 11.2 Å². The quantitative estimate of drug-likeness (QED) is 0.176. The monoisotopic (exact) mass is 426 g/mol. The molecule has 0 aliphatic carbocycles. The standard InChI is InChI=1S/C30H50O/c1-9-11-13-15-17-19-21-23-25-27(3)29(5,6)31-30(7,8)28(4)26-24-22-20-18-16-14-12-10-2/h9-12,17-20,25-26H,13-16,21-24H2,1-8H3/b11-9+,12-10+,19-17+,20-18+,27-25+,28-26+. The van der Waals surface area contributed by atoms with Gasteiger partial charge in [0.15, 0.2) is 0 Å². The van der Waals surface area contributed by atoms with E-state index < -0.39 is 0 Å². The first kappa shape index (κ1) is 29.4. The van der Waals surface area contributed by atoms with Crippen molar-refractivity contribution in [2.45, 2.75) is 118 Å². The van der Waals surface area contributed by atoms with Crippen LogP contribution in [0, 0.1) is 0 Å². The molecule has 0 spiro atoms. The Labute approximate surface area is 194 Å². The third-order valence-electron chi connectivity index (χ3n) is 5.78. The highest BCUT2D eigenvalue weighted by molar-refractivity contribution is 5.17. The summed E-state index contributed by atoms with van der Waals surface area (Å²) in [6, 6.07) is 0. The van der Waals surface area contributed by atoms with Crippen LogP contribution in [0.2, 0.25) is 0 Å². The molecule has 0 aromatic rings. The fourth-order valence-electron chi connectivity index (χ4n) is 3.27. The molecule has 0 saturated heterocycles. The van der Waals surface area contributed by atoms with Gasteiger partial charge in [-0.25, -0.2) is 0 Å². The maximum atomic E-state index is 6.61. The van der Waals surface area contributed by atoms with Crippen LogP contribution < -0.4 is 0 Å². The third-order valence-corrected chi connectivity index (χ3v) is 5.78. The Morgan fingerprint density at radius 3 is 1.13 bits per heavy atom. The summed E-state index contributed by atoms with van der Waals surface area (Å²) in [4.78, 5) is 0. The molecule has 0 fully saturated rings. The highest BCUT2D eigenvalue weighted by atomic mass is 16.5. The van der Waals surface area contributed by atoms with Crippen LogP contribution in [-0.2, 0) is 4.74 Å². The lowest BCUT2D eigenvalue weighted by atomic mass is 9.92. The van der Waals surface area contributed by atoms with Gasteiger partial charge in [0.25, 0.3) is 0 Å². The predicted molar refractivity (Wildman–Crippen MR) is 142 cm³/mol. The molecule has 176 valence electrons. The molecule has 1 heteroatoms. The molecule has 0 aliphatic heterocycles. The Kier molecular flexibility index (Phi) is 16.1. The zero-order valence-electron chi connectivity index (χ0n) is 21.8. The van der Waals surface area contributed by atoms with Crippen molar-refractivity contribution in [2.24, 2.45) is 0 Å². The van der Waals surface area contributed by atoms with Crippen LogP contribution in [-0.4, -0.2) is 11.2 Å². The summed E-state index contributed by atoms with van der Waals surface area (Å²) in [5, 5.41) is 0. The van der Waals surface area contributed by atoms with Crippen LogP contribution in [0.15, 0.2) is 71.9 Å². The van der Waals surface area contributed by atoms with Gasteiger partial charge < -0.3 is 4.74 Å². The number of allylic oxidation sites excluding steroid dienone is 10. The van der Waals surface area contributed by atoms with Gasteiger partial charge in [-0.1, -0.05) is 60.8 Å². The van der Waals surface area contributed by atoms with Gasteiger partial charge in [0.1, 0.15) is 0 Å².